The molecule has 1 aromatic heterocycles. The molecule has 0 radical (unpaired) electrons. The van der Waals surface area contributed by atoms with Gasteiger partial charge < -0.3 is 10.2 Å². The van der Waals surface area contributed by atoms with Crippen molar-refractivity contribution in [2.45, 2.75) is 97.8 Å². The van der Waals surface area contributed by atoms with Gasteiger partial charge in [0.25, 0.3) is 0 Å². The highest BCUT2D eigenvalue weighted by Gasteiger charge is 2.61. The van der Waals surface area contributed by atoms with Crippen LogP contribution in [0, 0.1) is 41.4 Å². The number of nitrogens with zero attached hydrogens (tertiary/aromatic N) is 2. The Labute approximate surface area is 181 Å². The van der Waals surface area contributed by atoms with Gasteiger partial charge in [0.2, 0.25) is 0 Å². The summed E-state index contributed by atoms with van der Waals surface area (Å²) >= 11 is 0. The van der Waals surface area contributed by atoms with Gasteiger partial charge in [-0.3, -0.25) is 4.68 Å². The Morgan fingerprint density at radius 1 is 1.10 bits per heavy atom. The first-order valence-electron chi connectivity index (χ1n) is 12.4. The molecule has 0 amide bonds. The Hall–Kier alpha value is -1.13. The van der Waals surface area contributed by atoms with Gasteiger partial charge in [-0.05, 0) is 106 Å². The molecule has 0 aliphatic heterocycles. The van der Waals surface area contributed by atoms with Gasteiger partial charge in [-0.25, -0.2) is 0 Å². The lowest BCUT2D eigenvalue weighted by Gasteiger charge is -2.60. The fourth-order valence-electron chi connectivity index (χ4n) is 8.27. The molecule has 0 saturated heterocycles. The number of rotatable bonds is 2. The Balaban J connectivity index is 1.44. The summed E-state index contributed by atoms with van der Waals surface area (Å²) in [5, 5.41) is 26.3. The fourth-order valence-corrected chi connectivity index (χ4v) is 8.27. The SMILES string of the molecule is CCn1cc(/C=C2\C[C@@H]3[C@H]4CC[C@H]5C[C@@H](O)CC[C@]5(C)[C@@H]4CC[C@]3(C)[C@@H]2O)c(C)n1. The van der Waals surface area contributed by atoms with Crippen molar-refractivity contribution < 1.29 is 10.2 Å². The zero-order valence-corrected chi connectivity index (χ0v) is 19.3. The molecule has 4 nitrogen and oxygen atoms in total. The third kappa shape index (κ3) is 2.97. The number of aryl methyl sites for hydroxylation is 2. The van der Waals surface area contributed by atoms with Crippen LogP contribution in [0.25, 0.3) is 6.08 Å². The number of hydrogen-bond acceptors (Lipinski definition) is 3. The molecule has 0 bridgehead atoms. The third-order valence-corrected chi connectivity index (χ3v) is 10.2. The highest BCUT2D eigenvalue weighted by molar-refractivity contribution is 5.56. The van der Waals surface area contributed by atoms with Gasteiger partial charge in [0.1, 0.15) is 0 Å². The van der Waals surface area contributed by atoms with Crippen molar-refractivity contribution in [1.82, 2.24) is 9.78 Å². The number of aliphatic hydroxyl groups is 2. The number of aliphatic hydroxyl groups excluding tert-OH is 2. The second kappa shape index (κ2) is 7.20. The minimum absolute atomic E-state index is 0.0129. The van der Waals surface area contributed by atoms with Crippen LogP contribution in [0.4, 0.5) is 0 Å². The van der Waals surface area contributed by atoms with E-state index in [2.05, 4.69) is 45.1 Å². The van der Waals surface area contributed by atoms with E-state index in [0.29, 0.717) is 17.3 Å². The monoisotopic (exact) mass is 412 g/mol. The van der Waals surface area contributed by atoms with E-state index in [1.807, 2.05) is 4.68 Å². The second-order valence-electron chi connectivity index (χ2n) is 11.5. The fraction of sp³-hybridized carbons (Fsp3) is 0.808. The Morgan fingerprint density at radius 2 is 1.87 bits per heavy atom. The first kappa shape index (κ1) is 20.8. The van der Waals surface area contributed by atoms with E-state index in [-0.39, 0.29) is 17.6 Å². The highest BCUT2D eigenvalue weighted by Crippen LogP contribution is 2.67. The van der Waals surface area contributed by atoms with Gasteiger partial charge in [-0.2, -0.15) is 5.10 Å². The summed E-state index contributed by atoms with van der Waals surface area (Å²) in [6.07, 6.45) is 13.1. The van der Waals surface area contributed by atoms with Gasteiger partial charge in [-0.1, -0.05) is 13.8 Å². The Morgan fingerprint density at radius 3 is 2.60 bits per heavy atom. The van der Waals surface area contributed by atoms with Crippen molar-refractivity contribution in [2.24, 2.45) is 34.5 Å². The summed E-state index contributed by atoms with van der Waals surface area (Å²) in [4.78, 5) is 0. The molecule has 166 valence electrons. The molecule has 0 spiro atoms. The molecule has 0 aromatic carbocycles. The van der Waals surface area contributed by atoms with Gasteiger partial charge in [0, 0.05) is 23.7 Å². The van der Waals surface area contributed by atoms with E-state index in [0.717, 1.165) is 49.8 Å². The maximum atomic E-state index is 11.5. The average molecular weight is 413 g/mol. The zero-order chi connectivity index (χ0) is 21.3. The first-order chi connectivity index (χ1) is 14.3. The largest absolute Gasteiger partial charge is 0.393 e. The molecule has 1 aromatic rings. The Bertz CT molecular complexity index is 844. The molecule has 4 aliphatic rings. The lowest BCUT2D eigenvalue weighted by molar-refractivity contribution is -0.133. The highest BCUT2D eigenvalue weighted by atomic mass is 16.3. The molecule has 0 unspecified atom stereocenters. The van der Waals surface area contributed by atoms with Crippen molar-refractivity contribution >= 4 is 6.08 Å². The van der Waals surface area contributed by atoms with E-state index in [1.54, 1.807) is 0 Å². The second-order valence-corrected chi connectivity index (χ2v) is 11.5. The molecule has 30 heavy (non-hydrogen) atoms. The van der Waals surface area contributed by atoms with Gasteiger partial charge in [-0.15, -0.1) is 0 Å². The topological polar surface area (TPSA) is 58.3 Å². The molecule has 2 N–H and O–H groups in total. The maximum absolute atomic E-state index is 11.5. The minimum Gasteiger partial charge on any atom is -0.393 e. The number of fused-ring (bicyclic) bond motifs is 5. The standard InChI is InChI=1S/C26H40N2O2/c1-5-28-15-18(16(2)27-28)12-17-13-23-21-7-6-19-14-20(29)8-10-25(19,3)22(21)9-11-26(23,4)24(17)30/h12,15,19-24,29-30H,5-11,13-14H2,1-4H3/b17-12+/t19-,20-,21-,22+,23+,24+,25-,26-/m0/s1. The predicted molar refractivity (Wildman–Crippen MR) is 120 cm³/mol. The molecule has 4 heteroatoms. The lowest BCUT2D eigenvalue weighted by atomic mass is 9.45. The summed E-state index contributed by atoms with van der Waals surface area (Å²) in [6.45, 7) is 9.97. The van der Waals surface area contributed by atoms with E-state index in [4.69, 9.17) is 0 Å². The van der Waals surface area contributed by atoms with E-state index in [9.17, 15) is 10.2 Å². The van der Waals surface area contributed by atoms with Crippen LogP contribution in [0.15, 0.2) is 11.8 Å². The number of aromatic nitrogens is 2. The average Bonchev–Trinajstić information content (AvgIpc) is 3.20. The Kier molecular flexibility index (Phi) is 4.98. The van der Waals surface area contributed by atoms with Crippen LogP contribution in [0.3, 0.4) is 0 Å². The number of hydrogen-bond donors (Lipinski definition) is 2. The van der Waals surface area contributed by atoms with Crippen molar-refractivity contribution in [2.75, 3.05) is 0 Å². The molecule has 5 rings (SSSR count). The van der Waals surface area contributed by atoms with Crippen LogP contribution < -0.4 is 0 Å². The van der Waals surface area contributed by atoms with Crippen LogP contribution in [0.2, 0.25) is 0 Å². The minimum atomic E-state index is -0.327. The zero-order valence-electron chi connectivity index (χ0n) is 19.3. The molecular formula is C26H40N2O2. The van der Waals surface area contributed by atoms with Crippen LogP contribution in [0.1, 0.15) is 83.4 Å². The summed E-state index contributed by atoms with van der Waals surface area (Å²) in [5.74, 6) is 2.76. The van der Waals surface area contributed by atoms with Crippen molar-refractivity contribution in [3.05, 3.63) is 23.0 Å². The van der Waals surface area contributed by atoms with Crippen LogP contribution in [-0.2, 0) is 6.54 Å². The van der Waals surface area contributed by atoms with Crippen LogP contribution in [-0.4, -0.2) is 32.2 Å². The van der Waals surface area contributed by atoms with Gasteiger partial charge >= 0.3 is 0 Å². The van der Waals surface area contributed by atoms with Gasteiger partial charge in [0.15, 0.2) is 0 Å². The molecule has 4 aliphatic carbocycles. The maximum Gasteiger partial charge on any atom is 0.0809 e. The predicted octanol–water partition coefficient (Wildman–Crippen LogP) is 4.97. The lowest BCUT2D eigenvalue weighted by Crippen LogP contribution is -2.54. The molecule has 4 fully saturated rings. The van der Waals surface area contributed by atoms with Crippen molar-refractivity contribution in [3.63, 3.8) is 0 Å². The van der Waals surface area contributed by atoms with Crippen molar-refractivity contribution in [3.8, 4) is 0 Å². The summed E-state index contributed by atoms with van der Waals surface area (Å²) in [7, 11) is 0. The van der Waals surface area contributed by atoms with E-state index < -0.39 is 0 Å². The molecule has 8 atom stereocenters. The molecule has 1 heterocycles. The summed E-state index contributed by atoms with van der Waals surface area (Å²) in [5.41, 5.74) is 3.86. The summed E-state index contributed by atoms with van der Waals surface area (Å²) < 4.78 is 1.99. The molecular weight excluding hydrogens is 372 g/mol. The third-order valence-electron chi connectivity index (χ3n) is 10.2. The molecule has 4 saturated carbocycles. The van der Waals surface area contributed by atoms with E-state index >= 15 is 0 Å². The van der Waals surface area contributed by atoms with E-state index in [1.165, 1.54) is 36.8 Å². The quantitative estimate of drug-likeness (QED) is 0.721. The van der Waals surface area contributed by atoms with Crippen molar-refractivity contribution in [1.29, 1.82) is 0 Å². The normalized spacial score (nSPS) is 47.1. The summed E-state index contributed by atoms with van der Waals surface area (Å²) in [6, 6.07) is 0. The van der Waals surface area contributed by atoms with Gasteiger partial charge in [0.05, 0.1) is 17.9 Å². The first-order valence-corrected chi connectivity index (χ1v) is 12.4. The van der Waals surface area contributed by atoms with Crippen LogP contribution >= 0.6 is 0 Å². The smallest absolute Gasteiger partial charge is 0.0809 e. The van der Waals surface area contributed by atoms with Crippen LogP contribution in [0.5, 0.6) is 0 Å².